The molecule has 4 aromatic rings. The van der Waals surface area contributed by atoms with Gasteiger partial charge < -0.3 is 14.8 Å². The molecule has 27 heavy (non-hydrogen) atoms. The molecule has 3 aromatic heterocycles. The molecule has 0 saturated heterocycles. The lowest BCUT2D eigenvalue weighted by Crippen LogP contribution is -2.07. The van der Waals surface area contributed by atoms with E-state index in [-0.39, 0.29) is 18.2 Å². The first-order chi connectivity index (χ1) is 13.1. The van der Waals surface area contributed by atoms with Crippen LogP contribution in [0.3, 0.4) is 0 Å². The van der Waals surface area contributed by atoms with Crippen molar-refractivity contribution in [3.8, 4) is 0 Å². The Kier molecular flexibility index (Phi) is 4.33. The van der Waals surface area contributed by atoms with E-state index in [9.17, 15) is 9.90 Å². The number of hydrogen-bond donors (Lipinski definition) is 2. The van der Waals surface area contributed by atoms with Gasteiger partial charge in [0.25, 0.3) is 0 Å². The summed E-state index contributed by atoms with van der Waals surface area (Å²) >= 11 is 0. The number of hydrogen-bond acceptors (Lipinski definition) is 4. The van der Waals surface area contributed by atoms with Crippen molar-refractivity contribution in [3.05, 3.63) is 71.3 Å². The number of fused-ring (bicyclic) bond motifs is 3. The van der Waals surface area contributed by atoms with E-state index in [1.807, 2.05) is 18.3 Å². The second kappa shape index (κ2) is 6.81. The number of carboxylic acids is 1. The number of H-pyrrole nitrogens is 1. The first-order valence-electron chi connectivity index (χ1n) is 8.65. The Morgan fingerprint density at radius 2 is 2.07 bits per heavy atom. The Balaban J connectivity index is 1.95. The summed E-state index contributed by atoms with van der Waals surface area (Å²) in [6.07, 6.45) is 5.20. The third kappa shape index (κ3) is 2.94. The maximum absolute atomic E-state index is 11.6. The molecule has 0 bridgehead atoms. The predicted octanol–water partition coefficient (Wildman–Crippen LogP) is 4.11. The van der Waals surface area contributed by atoms with Crippen LogP contribution in [0.5, 0.6) is 0 Å². The van der Waals surface area contributed by atoms with E-state index in [0.29, 0.717) is 5.56 Å². The topological polar surface area (TPSA) is 88.1 Å². The number of carboxylic acid groups (broad SMARTS) is 1. The number of aromatic nitrogens is 3. The molecule has 6 nitrogen and oxygen atoms in total. The fourth-order valence-electron chi connectivity index (χ4n) is 3.54. The lowest BCUT2D eigenvalue weighted by molar-refractivity contribution is 0.0685. The molecule has 1 aromatic carbocycles. The molecule has 1 atom stereocenters. The highest BCUT2D eigenvalue weighted by Gasteiger charge is 2.19. The van der Waals surface area contributed by atoms with Gasteiger partial charge in [-0.3, -0.25) is 4.98 Å². The number of aromatic carboxylic acids is 1. The molecule has 0 saturated carbocycles. The number of carbonyl (C=O) groups is 1. The van der Waals surface area contributed by atoms with Crippen LogP contribution >= 0.6 is 0 Å². The Bertz CT molecular complexity index is 1140. The van der Waals surface area contributed by atoms with E-state index in [1.165, 1.54) is 0 Å². The van der Waals surface area contributed by atoms with Crippen molar-refractivity contribution < 1.29 is 14.6 Å². The molecular weight excluding hydrogens is 342 g/mol. The summed E-state index contributed by atoms with van der Waals surface area (Å²) in [4.78, 5) is 23.3. The van der Waals surface area contributed by atoms with E-state index in [1.54, 1.807) is 19.5 Å². The Hall–Kier alpha value is -3.25. The summed E-state index contributed by atoms with van der Waals surface area (Å²) in [6.45, 7) is 2.31. The quantitative estimate of drug-likeness (QED) is 0.558. The minimum atomic E-state index is -1.06. The average molecular weight is 361 g/mol. The number of aromatic amines is 1. The van der Waals surface area contributed by atoms with Crippen LogP contribution < -0.4 is 0 Å². The number of methoxy groups -OCH3 is 1. The molecule has 1 unspecified atom stereocenters. The third-order valence-electron chi connectivity index (χ3n) is 4.94. The van der Waals surface area contributed by atoms with Gasteiger partial charge in [-0.2, -0.15) is 0 Å². The molecule has 0 amide bonds. The summed E-state index contributed by atoms with van der Waals surface area (Å²) in [5.74, 6) is -0.891. The van der Waals surface area contributed by atoms with Crippen LogP contribution in [-0.4, -0.2) is 33.1 Å². The lowest BCUT2D eigenvalue weighted by Gasteiger charge is -2.12. The molecule has 3 heterocycles. The van der Waals surface area contributed by atoms with Crippen molar-refractivity contribution in [1.29, 1.82) is 0 Å². The van der Waals surface area contributed by atoms with Crippen molar-refractivity contribution in [2.75, 3.05) is 7.11 Å². The normalized spacial score (nSPS) is 12.5. The fraction of sp³-hybridized carbons (Fsp3) is 0.190. The van der Waals surface area contributed by atoms with Crippen LogP contribution in [0.2, 0.25) is 0 Å². The molecule has 6 heteroatoms. The van der Waals surface area contributed by atoms with Crippen LogP contribution in [0.25, 0.3) is 21.8 Å². The zero-order chi connectivity index (χ0) is 19.0. The second-order valence-corrected chi connectivity index (χ2v) is 6.55. The predicted molar refractivity (Wildman–Crippen MR) is 103 cm³/mol. The zero-order valence-electron chi connectivity index (χ0n) is 15.1. The zero-order valence-corrected chi connectivity index (χ0v) is 15.1. The SMILES string of the molecule is COCc1c(C(=O)O)ncc2[nH]c3ccc(C(C)c4cccnc4)cc3c12. The molecule has 4 rings (SSSR count). The first-order valence-corrected chi connectivity index (χ1v) is 8.65. The summed E-state index contributed by atoms with van der Waals surface area (Å²) in [5, 5.41) is 11.3. The van der Waals surface area contributed by atoms with Gasteiger partial charge in [-0.1, -0.05) is 19.1 Å². The number of nitrogens with zero attached hydrogens (tertiary/aromatic N) is 2. The Morgan fingerprint density at radius 3 is 2.78 bits per heavy atom. The van der Waals surface area contributed by atoms with Gasteiger partial charge in [0.15, 0.2) is 5.69 Å². The summed E-state index contributed by atoms with van der Waals surface area (Å²) in [7, 11) is 1.55. The van der Waals surface area contributed by atoms with Crippen LogP contribution in [0.4, 0.5) is 0 Å². The van der Waals surface area contributed by atoms with Crippen LogP contribution in [-0.2, 0) is 11.3 Å². The third-order valence-corrected chi connectivity index (χ3v) is 4.94. The number of nitrogens with one attached hydrogen (secondary N) is 1. The molecule has 0 radical (unpaired) electrons. The molecule has 0 aliphatic heterocycles. The van der Waals surface area contributed by atoms with Crippen LogP contribution in [0.1, 0.15) is 40.0 Å². The standard InChI is InChI=1S/C21H19N3O3/c1-12(14-4-3-7-22-9-14)13-5-6-17-15(8-13)19-16(11-27-2)20(21(25)26)23-10-18(19)24-17/h3-10,12,24H,11H2,1-2H3,(H,25,26). The monoisotopic (exact) mass is 361 g/mol. The lowest BCUT2D eigenvalue weighted by atomic mass is 9.93. The van der Waals surface area contributed by atoms with Gasteiger partial charge in [-0.25, -0.2) is 9.78 Å². The molecule has 0 spiro atoms. The number of ether oxygens (including phenoxy) is 1. The molecular formula is C21H19N3O3. The van der Waals surface area contributed by atoms with Gasteiger partial charge >= 0.3 is 5.97 Å². The van der Waals surface area contributed by atoms with Crippen molar-refractivity contribution in [2.24, 2.45) is 0 Å². The van der Waals surface area contributed by atoms with Gasteiger partial charge in [0.2, 0.25) is 0 Å². The van der Waals surface area contributed by atoms with Gasteiger partial charge in [-0.15, -0.1) is 0 Å². The Morgan fingerprint density at radius 1 is 1.22 bits per heavy atom. The van der Waals surface area contributed by atoms with E-state index < -0.39 is 5.97 Å². The molecule has 0 aliphatic rings. The van der Waals surface area contributed by atoms with Crippen molar-refractivity contribution in [3.63, 3.8) is 0 Å². The molecule has 0 fully saturated rings. The van der Waals surface area contributed by atoms with Crippen molar-refractivity contribution >= 4 is 27.8 Å². The molecule has 0 aliphatic carbocycles. The highest BCUT2D eigenvalue weighted by molar-refractivity contribution is 6.11. The van der Waals surface area contributed by atoms with Gasteiger partial charge in [0.05, 0.1) is 18.3 Å². The summed E-state index contributed by atoms with van der Waals surface area (Å²) in [6, 6.07) is 10.2. The molecule has 136 valence electrons. The smallest absolute Gasteiger partial charge is 0.354 e. The largest absolute Gasteiger partial charge is 0.477 e. The highest BCUT2D eigenvalue weighted by atomic mass is 16.5. The minimum Gasteiger partial charge on any atom is -0.477 e. The maximum atomic E-state index is 11.6. The van der Waals surface area contributed by atoms with E-state index in [4.69, 9.17) is 4.74 Å². The maximum Gasteiger partial charge on any atom is 0.354 e. The minimum absolute atomic E-state index is 0.0240. The number of benzene rings is 1. The van der Waals surface area contributed by atoms with Gasteiger partial charge in [0.1, 0.15) is 0 Å². The summed E-state index contributed by atoms with van der Waals surface area (Å²) in [5.41, 5.74) is 4.60. The number of rotatable bonds is 5. The molecule has 2 N–H and O–H groups in total. The van der Waals surface area contributed by atoms with E-state index >= 15 is 0 Å². The van der Waals surface area contributed by atoms with Crippen LogP contribution in [0.15, 0.2) is 48.9 Å². The van der Waals surface area contributed by atoms with Crippen LogP contribution in [0, 0.1) is 0 Å². The second-order valence-electron chi connectivity index (χ2n) is 6.55. The van der Waals surface area contributed by atoms with Crippen molar-refractivity contribution in [1.82, 2.24) is 15.0 Å². The Labute approximate surface area is 155 Å². The first kappa shape index (κ1) is 17.2. The van der Waals surface area contributed by atoms with E-state index in [0.717, 1.165) is 32.9 Å². The van der Waals surface area contributed by atoms with Gasteiger partial charge in [-0.05, 0) is 29.3 Å². The highest BCUT2D eigenvalue weighted by Crippen LogP contribution is 2.33. The van der Waals surface area contributed by atoms with Gasteiger partial charge in [0, 0.05) is 47.3 Å². The number of pyridine rings is 2. The average Bonchev–Trinajstić information content (AvgIpc) is 3.06. The van der Waals surface area contributed by atoms with E-state index in [2.05, 4.69) is 40.1 Å². The summed E-state index contributed by atoms with van der Waals surface area (Å²) < 4.78 is 5.27. The fourth-order valence-corrected chi connectivity index (χ4v) is 3.54. The van der Waals surface area contributed by atoms with Crippen molar-refractivity contribution in [2.45, 2.75) is 19.4 Å².